The maximum Gasteiger partial charge on any atom is 0.279 e. The average Bonchev–Trinajstić information content (AvgIpc) is 3.72. The van der Waals surface area contributed by atoms with Crippen LogP contribution < -0.4 is 10.5 Å². The van der Waals surface area contributed by atoms with E-state index in [0.29, 0.717) is 35.4 Å². The van der Waals surface area contributed by atoms with E-state index in [-0.39, 0.29) is 36.4 Å². The molecule has 0 radical (unpaired) electrons. The summed E-state index contributed by atoms with van der Waals surface area (Å²) in [6.07, 6.45) is 2.48. The van der Waals surface area contributed by atoms with E-state index in [9.17, 15) is 24.3 Å². The summed E-state index contributed by atoms with van der Waals surface area (Å²) in [6, 6.07) is 22.2. The van der Waals surface area contributed by atoms with E-state index < -0.39 is 31.5 Å². The zero-order valence-electron chi connectivity index (χ0n) is 26.9. The van der Waals surface area contributed by atoms with Crippen LogP contribution in [0.3, 0.4) is 0 Å². The van der Waals surface area contributed by atoms with Crippen LogP contribution in [0.15, 0.2) is 83.8 Å². The van der Waals surface area contributed by atoms with Gasteiger partial charge in [-0.25, -0.2) is 0 Å². The Hall–Kier alpha value is -4.16. The van der Waals surface area contributed by atoms with Crippen molar-refractivity contribution in [3.63, 3.8) is 0 Å². The number of hydrogen-bond donors (Lipinski definition) is 2. The summed E-state index contributed by atoms with van der Waals surface area (Å²) >= 11 is 0. The number of aromatic nitrogens is 2. The number of fused-ring (bicyclic) bond motifs is 3. The number of aliphatic hydroxyl groups excluding tert-OH is 1. The number of amides is 2. The van der Waals surface area contributed by atoms with Gasteiger partial charge in [-0.2, -0.15) is 9.78 Å². The number of likely N-dealkylation sites (tertiary alicyclic amines) is 1. The molecule has 1 spiro atoms. The normalized spacial score (nSPS) is 25.7. The SMILES string of the molecule is C[C@H]1[C@H]([Si](C)(C)O)[C@@H](CC(=O)N2CCC[C@H]2CO)O[C@]12C(=O)N(Cc1ccccc1)c1ccc(-n3ncc4ccccc4c3=O)cc12. The molecule has 3 aliphatic heterocycles. The van der Waals surface area contributed by atoms with Crippen LogP contribution in [0, 0.1) is 5.92 Å². The zero-order valence-corrected chi connectivity index (χ0v) is 27.9. The largest absolute Gasteiger partial charge is 0.432 e. The van der Waals surface area contributed by atoms with Crippen LogP contribution in [0.5, 0.6) is 0 Å². The Balaban J connectivity index is 1.35. The average molecular weight is 653 g/mol. The topological polar surface area (TPSA) is 125 Å². The standard InChI is InChI=1S/C36H40N4O6Si/c1-23-33(47(2,3)45)31(19-32(42)38-17-9-13-27(38)22-41)46-36(23)29-18-26(40-34(43)28-14-8-7-12-25(28)20-37-40)15-16-30(29)39(35(36)44)21-24-10-5-4-6-11-24/h4-8,10-12,14-16,18,20,23,27,31,33,41,45H,9,13,17,19,21-22H2,1-3H3/t23-,27-,31+,33-,36+/m0/s1. The Morgan fingerprint density at radius 3 is 2.55 bits per heavy atom. The number of anilines is 1. The summed E-state index contributed by atoms with van der Waals surface area (Å²) in [5.41, 5.74) is 0.463. The van der Waals surface area contributed by atoms with Gasteiger partial charge in [0.25, 0.3) is 11.5 Å². The Kier molecular flexibility index (Phi) is 7.90. The van der Waals surface area contributed by atoms with Crippen LogP contribution >= 0.6 is 0 Å². The van der Waals surface area contributed by atoms with Crippen molar-refractivity contribution in [2.45, 2.75) is 69.1 Å². The van der Waals surface area contributed by atoms with Crippen LogP contribution in [0.4, 0.5) is 5.69 Å². The van der Waals surface area contributed by atoms with Crippen LogP contribution in [0.2, 0.25) is 18.6 Å². The minimum Gasteiger partial charge on any atom is -0.432 e. The van der Waals surface area contributed by atoms with Gasteiger partial charge in [-0.15, -0.1) is 0 Å². The lowest BCUT2D eigenvalue weighted by Crippen LogP contribution is -2.46. The van der Waals surface area contributed by atoms with Crippen molar-refractivity contribution in [2.24, 2.45) is 5.92 Å². The molecule has 1 aromatic heterocycles. The molecule has 0 bridgehead atoms. The molecular weight excluding hydrogens is 613 g/mol. The number of hydrogen-bond acceptors (Lipinski definition) is 7. The highest BCUT2D eigenvalue weighted by Gasteiger charge is 2.66. The second-order valence-corrected chi connectivity index (χ2v) is 17.6. The van der Waals surface area contributed by atoms with Crippen molar-refractivity contribution in [1.29, 1.82) is 0 Å². The first-order chi connectivity index (χ1) is 22.5. The van der Waals surface area contributed by atoms with Crippen molar-refractivity contribution in [2.75, 3.05) is 18.1 Å². The van der Waals surface area contributed by atoms with Gasteiger partial charge in [-0.05, 0) is 55.8 Å². The molecule has 4 aromatic rings. The summed E-state index contributed by atoms with van der Waals surface area (Å²) in [4.78, 5) is 57.3. The van der Waals surface area contributed by atoms with Crippen molar-refractivity contribution in [3.8, 4) is 5.69 Å². The first-order valence-electron chi connectivity index (χ1n) is 16.3. The minimum absolute atomic E-state index is 0.00305. The molecule has 2 saturated heterocycles. The molecule has 4 heterocycles. The van der Waals surface area contributed by atoms with Gasteiger partial charge >= 0.3 is 0 Å². The number of aliphatic hydroxyl groups is 1. The van der Waals surface area contributed by atoms with Gasteiger partial charge in [-0.3, -0.25) is 14.4 Å². The third-order valence-corrected chi connectivity index (χ3v) is 12.9. The lowest BCUT2D eigenvalue weighted by molar-refractivity contribution is -0.150. The molecule has 5 atom stereocenters. The van der Waals surface area contributed by atoms with Crippen molar-refractivity contribution in [3.05, 3.63) is 100 Å². The molecule has 3 aliphatic rings. The maximum atomic E-state index is 14.9. The summed E-state index contributed by atoms with van der Waals surface area (Å²) in [5.74, 6) is -0.887. The van der Waals surface area contributed by atoms with Gasteiger partial charge in [0.05, 0.1) is 54.7 Å². The van der Waals surface area contributed by atoms with Gasteiger partial charge in [0, 0.05) is 29.0 Å². The summed E-state index contributed by atoms with van der Waals surface area (Å²) in [5, 5.41) is 15.6. The number of rotatable bonds is 7. The Labute approximate surface area is 274 Å². The van der Waals surface area contributed by atoms with Gasteiger partial charge in [0.15, 0.2) is 13.9 Å². The van der Waals surface area contributed by atoms with E-state index in [4.69, 9.17) is 4.74 Å². The van der Waals surface area contributed by atoms with Gasteiger partial charge in [-0.1, -0.05) is 55.5 Å². The minimum atomic E-state index is -3.02. The van der Waals surface area contributed by atoms with Crippen LogP contribution in [0.1, 0.15) is 37.3 Å². The lowest BCUT2D eigenvalue weighted by Gasteiger charge is -2.33. The number of carbonyl (C=O) groups is 2. The quantitative estimate of drug-likeness (QED) is 0.288. The fourth-order valence-corrected chi connectivity index (χ4v) is 10.8. The van der Waals surface area contributed by atoms with E-state index in [1.165, 1.54) is 4.68 Å². The fraction of sp³-hybridized carbons (Fsp3) is 0.389. The van der Waals surface area contributed by atoms with E-state index in [2.05, 4.69) is 5.10 Å². The molecule has 244 valence electrons. The molecule has 2 amide bonds. The van der Waals surface area contributed by atoms with Crippen LogP contribution in [0.25, 0.3) is 16.5 Å². The third-order valence-electron chi connectivity index (χ3n) is 10.4. The highest BCUT2D eigenvalue weighted by molar-refractivity contribution is 6.71. The molecule has 3 aromatic carbocycles. The van der Waals surface area contributed by atoms with Crippen LogP contribution in [-0.2, 0) is 26.5 Å². The summed E-state index contributed by atoms with van der Waals surface area (Å²) in [7, 11) is -3.02. The number of carbonyl (C=O) groups excluding carboxylic acids is 2. The Morgan fingerprint density at radius 1 is 1.06 bits per heavy atom. The summed E-state index contributed by atoms with van der Waals surface area (Å²) < 4.78 is 8.26. The molecule has 2 N–H and O–H groups in total. The summed E-state index contributed by atoms with van der Waals surface area (Å²) in [6.45, 7) is 6.36. The molecule has 47 heavy (non-hydrogen) atoms. The first kappa shape index (κ1) is 31.4. The second kappa shape index (κ2) is 11.8. The van der Waals surface area contributed by atoms with E-state index >= 15 is 0 Å². The van der Waals surface area contributed by atoms with E-state index in [1.807, 2.05) is 80.7 Å². The molecule has 0 saturated carbocycles. The highest BCUT2D eigenvalue weighted by Crippen LogP contribution is 2.60. The molecule has 0 aliphatic carbocycles. The third kappa shape index (κ3) is 5.12. The second-order valence-electron chi connectivity index (χ2n) is 13.7. The monoisotopic (exact) mass is 652 g/mol. The fourth-order valence-electron chi connectivity index (χ4n) is 8.24. The van der Waals surface area contributed by atoms with E-state index in [0.717, 1.165) is 23.8 Å². The smallest absolute Gasteiger partial charge is 0.279 e. The molecule has 2 fully saturated rings. The van der Waals surface area contributed by atoms with Gasteiger partial charge in [0.2, 0.25) is 5.91 Å². The molecule has 11 heteroatoms. The zero-order chi connectivity index (χ0) is 33.1. The van der Waals surface area contributed by atoms with Gasteiger partial charge < -0.3 is 24.4 Å². The molecule has 0 unspecified atom stereocenters. The Bertz CT molecular complexity index is 1910. The highest BCUT2D eigenvalue weighted by atomic mass is 28.4. The Morgan fingerprint density at radius 2 is 1.81 bits per heavy atom. The predicted octanol–water partition coefficient (Wildman–Crippen LogP) is 4.10. The molecular formula is C36H40N4O6Si. The molecule has 10 nitrogen and oxygen atoms in total. The predicted molar refractivity (Wildman–Crippen MR) is 181 cm³/mol. The number of ether oxygens (including phenoxy) is 1. The van der Waals surface area contributed by atoms with Gasteiger partial charge in [0.1, 0.15) is 0 Å². The molecule has 7 rings (SSSR count). The number of nitrogens with zero attached hydrogens (tertiary/aromatic N) is 4. The van der Waals surface area contributed by atoms with Crippen LogP contribution in [-0.4, -0.2) is 70.0 Å². The first-order valence-corrected chi connectivity index (χ1v) is 19.4. The lowest BCUT2D eigenvalue weighted by atomic mass is 9.82. The number of benzene rings is 3. The maximum absolute atomic E-state index is 14.9. The van der Waals surface area contributed by atoms with E-state index in [1.54, 1.807) is 28.1 Å². The van der Waals surface area contributed by atoms with Crippen molar-refractivity contribution >= 4 is 36.6 Å². The van der Waals surface area contributed by atoms with Crippen molar-refractivity contribution in [1.82, 2.24) is 14.7 Å². The van der Waals surface area contributed by atoms with Crippen molar-refractivity contribution < 1.29 is 24.2 Å².